The Hall–Kier alpha value is -2.14. The summed E-state index contributed by atoms with van der Waals surface area (Å²) in [6.07, 6.45) is 1.02. The Labute approximate surface area is 120 Å². The van der Waals surface area contributed by atoms with Gasteiger partial charge in [0.05, 0.1) is 17.6 Å². The predicted octanol–water partition coefficient (Wildman–Crippen LogP) is 3.07. The number of rotatable bonds is 4. The number of carbonyl (C=O) groups is 1. The largest absolute Gasteiger partial charge is 0.293 e. The molecule has 0 radical (unpaired) electrons. The second kappa shape index (κ2) is 5.46. The number of nitrogens with zero attached hydrogens (tertiary/aromatic N) is 3. The molecule has 20 heavy (non-hydrogen) atoms. The Morgan fingerprint density at radius 2 is 2.05 bits per heavy atom. The van der Waals surface area contributed by atoms with Crippen molar-refractivity contribution in [1.82, 2.24) is 14.6 Å². The zero-order valence-corrected chi connectivity index (χ0v) is 11.9. The number of pyridine rings is 1. The molecule has 0 aliphatic carbocycles. The minimum absolute atomic E-state index is 0.0413. The molecule has 0 saturated carbocycles. The van der Waals surface area contributed by atoms with E-state index in [1.807, 2.05) is 43.3 Å². The van der Waals surface area contributed by atoms with E-state index in [2.05, 4.69) is 14.6 Å². The molecule has 0 amide bonds. The van der Waals surface area contributed by atoms with Crippen LogP contribution in [0.15, 0.2) is 36.4 Å². The van der Waals surface area contributed by atoms with Gasteiger partial charge in [0.15, 0.2) is 5.78 Å². The van der Waals surface area contributed by atoms with E-state index in [-0.39, 0.29) is 5.78 Å². The van der Waals surface area contributed by atoms with Gasteiger partial charge in [0.2, 0.25) is 0 Å². The fraction of sp³-hybridized carbons (Fsp3) is 0.200. The summed E-state index contributed by atoms with van der Waals surface area (Å²) in [5, 5.41) is 5.06. The highest BCUT2D eigenvalue weighted by molar-refractivity contribution is 7.08. The molecule has 2 heterocycles. The van der Waals surface area contributed by atoms with Crippen LogP contribution in [-0.2, 0) is 12.8 Å². The van der Waals surface area contributed by atoms with Crippen LogP contribution in [0.25, 0.3) is 10.9 Å². The lowest BCUT2D eigenvalue weighted by molar-refractivity contribution is 0.0995. The van der Waals surface area contributed by atoms with Crippen molar-refractivity contribution in [3.8, 4) is 0 Å². The number of aryl methyl sites for hydroxylation is 1. The van der Waals surface area contributed by atoms with Crippen LogP contribution in [-0.4, -0.2) is 20.4 Å². The molecule has 3 rings (SSSR count). The van der Waals surface area contributed by atoms with Crippen molar-refractivity contribution in [2.45, 2.75) is 19.8 Å². The summed E-state index contributed by atoms with van der Waals surface area (Å²) in [7, 11) is 0. The van der Waals surface area contributed by atoms with Crippen LogP contribution in [0.4, 0.5) is 0 Å². The summed E-state index contributed by atoms with van der Waals surface area (Å²) in [5.41, 5.74) is 2.47. The van der Waals surface area contributed by atoms with E-state index in [0.717, 1.165) is 28.7 Å². The van der Waals surface area contributed by atoms with Gasteiger partial charge in [-0.25, -0.2) is 0 Å². The van der Waals surface area contributed by atoms with Crippen LogP contribution in [0.3, 0.4) is 0 Å². The van der Waals surface area contributed by atoms with Gasteiger partial charge < -0.3 is 0 Å². The highest BCUT2D eigenvalue weighted by Gasteiger charge is 2.16. The number of benzene rings is 1. The van der Waals surface area contributed by atoms with Crippen molar-refractivity contribution in [2.75, 3.05) is 0 Å². The molecule has 0 bridgehead atoms. The van der Waals surface area contributed by atoms with Crippen molar-refractivity contribution in [2.24, 2.45) is 0 Å². The van der Waals surface area contributed by atoms with Crippen molar-refractivity contribution in [1.29, 1.82) is 0 Å². The number of ketones is 1. The molecule has 0 N–H and O–H groups in total. The zero-order valence-electron chi connectivity index (χ0n) is 11.0. The summed E-state index contributed by atoms with van der Waals surface area (Å²) in [4.78, 5) is 17.5. The maximum atomic E-state index is 12.3. The Morgan fingerprint density at radius 3 is 2.90 bits per heavy atom. The van der Waals surface area contributed by atoms with Crippen LogP contribution in [0.5, 0.6) is 0 Å². The molecule has 1 aromatic carbocycles. The SMILES string of the molecule is CCc1nnsc1C(=O)Cc1ccc2ccccc2n1. The van der Waals surface area contributed by atoms with Gasteiger partial charge in [0.1, 0.15) is 4.88 Å². The first kappa shape index (κ1) is 12.9. The van der Waals surface area contributed by atoms with Gasteiger partial charge in [-0.05, 0) is 30.1 Å². The van der Waals surface area contributed by atoms with E-state index in [1.54, 1.807) is 0 Å². The van der Waals surface area contributed by atoms with E-state index >= 15 is 0 Å². The first-order valence-corrected chi connectivity index (χ1v) is 7.24. The van der Waals surface area contributed by atoms with E-state index in [4.69, 9.17) is 0 Å². The highest BCUT2D eigenvalue weighted by atomic mass is 32.1. The quantitative estimate of drug-likeness (QED) is 0.690. The lowest BCUT2D eigenvalue weighted by Crippen LogP contribution is -2.06. The number of fused-ring (bicyclic) bond motifs is 1. The Bertz CT molecular complexity index is 766. The minimum Gasteiger partial charge on any atom is -0.293 e. The van der Waals surface area contributed by atoms with Crippen LogP contribution in [0, 0.1) is 0 Å². The number of aromatic nitrogens is 3. The molecule has 3 aromatic rings. The third-order valence-electron chi connectivity index (χ3n) is 3.14. The van der Waals surface area contributed by atoms with Crippen LogP contribution in [0.2, 0.25) is 0 Å². The van der Waals surface area contributed by atoms with Gasteiger partial charge in [0, 0.05) is 11.1 Å². The van der Waals surface area contributed by atoms with E-state index in [1.165, 1.54) is 11.5 Å². The molecule has 100 valence electrons. The number of hydrogen-bond acceptors (Lipinski definition) is 5. The predicted molar refractivity (Wildman–Crippen MR) is 79.1 cm³/mol. The summed E-state index contributed by atoms with van der Waals surface area (Å²) >= 11 is 1.17. The monoisotopic (exact) mass is 283 g/mol. The van der Waals surface area contributed by atoms with Crippen LogP contribution >= 0.6 is 11.5 Å². The summed E-state index contributed by atoms with van der Waals surface area (Å²) in [5.74, 6) is 0.0413. The van der Waals surface area contributed by atoms with Crippen LogP contribution < -0.4 is 0 Å². The third-order valence-corrected chi connectivity index (χ3v) is 3.95. The van der Waals surface area contributed by atoms with Crippen molar-refractivity contribution < 1.29 is 4.79 Å². The summed E-state index contributed by atoms with van der Waals surface area (Å²) < 4.78 is 3.86. The van der Waals surface area contributed by atoms with Gasteiger partial charge in [-0.15, -0.1) is 5.10 Å². The van der Waals surface area contributed by atoms with Gasteiger partial charge >= 0.3 is 0 Å². The molecular weight excluding hydrogens is 270 g/mol. The Morgan fingerprint density at radius 1 is 1.20 bits per heavy atom. The fourth-order valence-electron chi connectivity index (χ4n) is 2.10. The molecule has 0 spiro atoms. The number of hydrogen-bond donors (Lipinski definition) is 0. The Kier molecular flexibility index (Phi) is 3.52. The normalized spacial score (nSPS) is 10.8. The zero-order chi connectivity index (χ0) is 13.9. The molecule has 4 nitrogen and oxygen atoms in total. The van der Waals surface area contributed by atoms with Crippen molar-refractivity contribution in [3.05, 3.63) is 52.7 Å². The molecule has 0 fully saturated rings. The lowest BCUT2D eigenvalue weighted by atomic mass is 10.1. The van der Waals surface area contributed by atoms with Crippen molar-refractivity contribution >= 4 is 28.2 Å². The van der Waals surface area contributed by atoms with E-state index in [9.17, 15) is 4.79 Å². The molecule has 5 heteroatoms. The number of para-hydroxylation sites is 1. The molecular formula is C15H13N3OS. The van der Waals surface area contributed by atoms with Gasteiger partial charge in [-0.2, -0.15) is 0 Å². The second-order valence-electron chi connectivity index (χ2n) is 4.50. The number of carbonyl (C=O) groups excluding carboxylic acids is 1. The fourth-order valence-corrected chi connectivity index (χ4v) is 2.79. The first-order chi connectivity index (χ1) is 9.78. The van der Waals surface area contributed by atoms with Gasteiger partial charge in [0.25, 0.3) is 0 Å². The minimum atomic E-state index is 0.0413. The maximum absolute atomic E-state index is 12.3. The molecule has 0 saturated heterocycles. The third kappa shape index (κ3) is 2.44. The number of Topliss-reactive ketones (excluding diaryl/α,β-unsaturated/α-hetero) is 1. The smallest absolute Gasteiger partial charge is 0.182 e. The van der Waals surface area contributed by atoms with Gasteiger partial charge in [-0.3, -0.25) is 9.78 Å². The molecule has 0 atom stereocenters. The first-order valence-electron chi connectivity index (χ1n) is 6.47. The van der Waals surface area contributed by atoms with E-state index < -0.39 is 0 Å². The molecule has 2 aromatic heterocycles. The summed E-state index contributed by atoms with van der Waals surface area (Å²) in [6.45, 7) is 1.97. The van der Waals surface area contributed by atoms with Crippen molar-refractivity contribution in [3.63, 3.8) is 0 Å². The topological polar surface area (TPSA) is 55.7 Å². The van der Waals surface area contributed by atoms with E-state index in [0.29, 0.717) is 11.3 Å². The molecule has 0 aliphatic rings. The average Bonchev–Trinajstić information content (AvgIpc) is 2.95. The molecule has 0 unspecified atom stereocenters. The molecule has 0 aliphatic heterocycles. The average molecular weight is 283 g/mol. The van der Waals surface area contributed by atoms with Gasteiger partial charge in [-0.1, -0.05) is 35.7 Å². The van der Waals surface area contributed by atoms with Crippen LogP contribution in [0.1, 0.15) is 28.0 Å². The Balaban J connectivity index is 1.87. The highest BCUT2D eigenvalue weighted by Crippen LogP contribution is 2.16. The second-order valence-corrected chi connectivity index (χ2v) is 5.25. The summed E-state index contributed by atoms with van der Waals surface area (Å²) in [6, 6.07) is 11.8. The lowest BCUT2D eigenvalue weighted by Gasteiger charge is -2.02. The maximum Gasteiger partial charge on any atom is 0.182 e. The standard InChI is InChI=1S/C15H13N3OS/c1-2-12-15(20-18-17-12)14(19)9-11-8-7-10-5-3-4-6-13(10)16-11/h3-8H,2,9H2,1H3.